The fourth-order valence-electron chi connectivity index (χ4n) is 2.79. The van der Waals surface area contributed by atoms with Crippen molar-refractivity contribution < 1.29 is 27.2 Å². The van der Waals surface area contributed by atoms with Crippen molar-refractivity contribution in [3.63, 3.8) is 0 Å². The molecule has 0 heterocycles. The maximum atomic E-state index is 13.3. The minimum absolute atomic E-state index is 0.182. The maximum absolute atomic E-state index is 13.3. The van der Waals surface area contributed by atoms with Crippen LogP contribution in [0.15, 0.2) is 0 Å². The van der Waals surface area contributed by atoms with Gasteiger partial charge in [-0.05, 0) is 12.8 Å². The van der Waals surface area contributed by atoms with E-state index >= 15 is 0 Å². The number of Topliss-reactive ketones (excluding diaryl/α,β-unsaturated/α-hetero) is 1. The van der Waals surface area contributed by atoms with Crippen LogP contribution >= 0.6 is 11.6 Å². The molecular formula is C13H18ClF4NO2. The van der Waals surface area contributed by atoms with Crippen molar-refractivity contribution in [2.75, 3.05) is 12.9 Å². The molecule has 8 heteroatoms. The molecule has 0 unspecified atom stereocenters. The highest BCUT2D eigenvalue weighted by Gasteiger charge is 2.54. The summed E-state index contributed by atoms with van der Waals surface area (Å²) >= 11 is 5.44. The third kappa shape index (κ3) is 3.87. The average molecular weight is 332 g/mol. The molecule has 0 aliphatic heterocycles. The minimum atomic E-state index is -4.75. The lowest BCUT2D eigenvalue weighted by Crippen LogP contribution is -2.58. The van der Waals surface area contributed by atoms with E-state index in [0.29, 0.717) is 30.6 Å². The molecule has 0 saturated heterocycles. The van der Waals surface area contributed by atoms with E-state index in [4.69, 9.17) is 11.6 Å². The second-order valence-electron chi connectivity index (χ2n) is 5.42. The molecule has 1 aliphatic carbocycles. The lowest BCUT2D eigenvalue weighted by molar-refractivity contribution is -0.186. The van der Waals surface area contributed by atoms with Crippen LogP contribution < -0.4 is 0 Å². The third-order valence-corrected chi connectivity index (χ3v) is 4.33. The van der Waals surface area contributed by atoms with Gasteiger partial charge in [0, 0.05) is 19.0 Å². The van der Waals surface area contributed by atoms with Gasteiger partial charge >= 0.3 is 12.3 Å². The van der Waals surface area contributed by atoms with Gasteiger partial charge in [0.05, 0.1) is 5.88 Å². The summed E-state index contributed by atoms with van der Waals surface area (Å²) in [6, 6.07) is 0. The smallest absolute Gasteiger partial charge is 0.334 e. The van der Waals surface area contributed by atoms with Gasteiger partial charge in [-0.25, -0.2) is 8.78 Å². The highest BCUT2D eigenvalue weighted by Crippen LogP contribution is 2.38. The van der Waals surface area contributed by atoms with Gasteiger partial charge in [0.25, 0.3) is 5.91 Å². The summed E-state index contributed by atoms with van der Waals surface area (Å²) in [6.07, 6.45) is -1.45. The first kappa shape index (κ1) is 18.2. The normalized spacial score (nSPS) is 18.6. The van der Waals surface area contributed by atoms with E-state index in [1.807, 2.05) is 0 Å². The van der Waals surface area contributed by atoms with E-state index in [2.05, 4.69) is 0 Å². The Balaban J connectivity index is 3.02. The van der Waals surface area contributed by atoms with Gasteiger partial charge in [-0.15, -0.1) is 11.6 Å². The number of alkyl halides is 5. The summed E-state index contributed by atoms with van der Waals surface area (Å²) in [5.41, 5.74) is -1.14. The van der Waals surface area contributed by atoms with Crippen molar-refractivity contribution in [1.82, 2.24) is 4.90 Å². The summed E-state index contributed by atoms with van der Waals surface area (Å²) in [5.74, 6) is -7.38. The molecule has 1 amide bonds. The zero-order valence-electron chi connectivity index (χ0n) is 11.7. The molecule has 21 heavy (non-hydrogen) atoms. The van der Waals surface area contributed by atoms with Crippen LogP contribution in [0.3, 0.4) is 0 Å². The Morgan fingerprint density at radius 1 is 1.24 bits per heavy atom. The van der Waals surface area contributed by atoms with Crippen molar-refractivity contribution in [3.05, 3.63) is 0 Å². The van der Waals surface area contributed by atoms with Crippen LogP contribution in [0.25, 0.3) is 0 Å². The number of carbonyl (C=O) groups is 2. The Hall–Kier alpha value is -0.850. The Morgan fingerprint density at radius 2 is 1.76 bits per heavy atom. The van der Waals surface area contributed by atoms with E-state index in [0.717, 1.165) is 13.5 Å². The van der Waals surface area contributed by atoms with Crippen LogP contribution in [0.2, 0.25) is 0 Å². The molecule has 1 saturated carbocycles. The molecule has 1 fully saturated rings. The Bertz CT molecular complexity index is 398. The molecule has 0 aromatic rings. The number of nitrogens with zero attached hydrogens (tertiary/aromatic N) is 1. The van der Waals surface area contributed by atoms with Crippen molar-refractivity contribution in [1.29, 1.82) is 0 Å². The molecule has 3 nitrogen and oxygen atoms in total. The molecule has 0 aromatic carbocycles. The molecule has 0 atom stereocenters. The largest absolute Gasteiger partial charge is 0.383 e. The molecule has 0 radical (unpaired) electrons. The van der Waals surface area contributed by atoms with Crippen LogP contribution in [-0.2, 0) is 9.59 Å². The molecule has 1 rings (SSSR count). The Labute approximate surface area is 125 Å². The Morgan fingerprint density at radius 3 is 2.19 bits per heavy atom. The molecule has 0 bridgehead atoms. The third-order valence-electron chi connectivity index (χ3n) is 4.03. The first-order valence-electron chi connectivity index (χ1n) is 6.69. The monoisotopic (exact) mass is 331 g/mol. The number of ketones is 1. The number of rotatable bonds is 6. The summed E-state index contributed by atoms with van der Waals surface area (Å²) in [7, 11) is 1.06. The maximum Gasteiger partial charge on any atom is 0.383 e. The number of halogens is 5. The number of amides is 1. The molecular weight excluding hydrogens is 314 g/mol. The first-order chi connectivity index (χ1) is 9.67. The average Bonchev–Trinajstić information content (AvgIpc) is 2.46. The van der Waals surface area contributed by atoms with Crippen LogP contribution in [0.5, 0.6) is 0 Å². The quantitative estimate of drug-likeness (QED) is 0.553. The summed E-state index contributed by atoms with van der Waals surface area (Å²) in [5, 5.41) is 0. The standard InChI is InChI=1S/C13H18ClF4NO2/c1-19(11(21)13(17,18)10(15)16)12(7-9(20)8-14)5-3-2-4-6-12/h10H,2-8H2,1H3. The minimum Gasteiger partial charge on any atom is -0.334 e. The molecule has 0 spiro atoms. The molecule has 122 valence electrons. The second kappa shape index (κ2) is 6.94. The van der Waals surface area contributed by atoms with Crippen molar-refractivity contribution in [2.24, 2.45) is 0 Å². The summed E-state index contributed by atoms with van der Waals surface area (Å²) < 4.78 is 51.3. The SMILES string of the molecule is CN(C(=O)C(F)(F)C(F)F)C1(CC(=O)CCl)CCCCC1. The van der Waals surface area contributed by atoms with Gasteiger partial charge in [0.1, 0.15) is 5.78 Å². The second-order valence-corrected chi connectivity index (χ2v) is 5.69. The first-order valence-corrected chi connectivity index (χ1v) is 7.23. The van der Waals surface area contributed by atoms with Gasteiger partial charge in [0.15, 0.2) is 0 Å². The van der Waals surface area contributed by atoms with Gasteiger partial charge < -0.3 is 4.90 Å². The fraction of sp³-hybridized carbons (Fsp3) is 0.846. The summed E-state index contributed by atoms with van der Waals surface area (Å²) in [4.78, 5) is 24.0. The highest BCUT2D eigenvalue weighted by atomic mass is 35.5. The predicted molar refractivity (Wildman–Crippen MR) is 69.9 cm³/mol. The van der Waals surface area contributed by atoms with Crippen molar-refractivity contribution in [2.45, 2.75) is 56.4 Å². The van der Waals surface area contributed by atoms with Crippen LogP contribution in [0.4, 0.5) is 17.6 Å². The van der Waals surface area contributed by atoms with Crippen LogP contribution in [0.1, 0.15) is 38.5 Å². The van der Waals surface area contributed by atoms with Crippen LogP contribution in [-0.4, -0.2) is 47.4 Å². The number of hydrogen-bond donors (Lipinski definition) is 0. The van der Waals surface area contributed by atoms with E-state index in [9.17, 15) is 27.2 Å². The van der Waals surface area contributed by atoms with E-state index in [-0.39, 0.29) is 12.3 Å². The molecule has 0 aromatic heterocycles. The van der Waals surface area contributed by atoms with E-state index in [1.165, 1.54) is 0 Å². The predicted octanol–water partition coefficient (Wildman–Crippen LogP) is 3.25. The topological polar surface area (TPSA) is 37.4 Å². The number of hydrogen-bond acceptors (Lipinski definition) is 2. The number of carbonyl (C=O) groups excluding carboxylic acids is 2. The zero-order chi connectivity index (χ0) is 16.3. The van der Waals surface area contributed by atoms with Crippen LogP contribution in [0, 0.1) is 0 Å². The van der Waals surface area contributed by atoms with Crippen molar-refractivity contribution >= 4 is 23.3 Å². The van der Waals surface area contributed by atoms with Gasteiger partial charge in [-0.3, -0.25) is 9.59 Å². The highest BCUT2D eigenvalue weighted by molar-refractivity contribution is 6.27. The van der Waals surface area contributed by atoms with Crippen molar-refractivity contribution in [3.8, 4) is 0 Å². The van der Waals surface area contributed by atoms with E-state index < -0.39 is 29.6 Å². The summed E-state index contributed by atoms with van der Waals surface area (Å²) in [6.45, 7) is 0. The fourth-order valence-corrected chi connectivity index (χ4v) is 2.88. The lowest BCUT2D eigenvalue weighted by atomic mass is 9.77. The van der Waals surface area contributed by atoms with Gasteiger partial charge in [-0.1, -0.05) is 19.3 Å². The molecule has 0 N–H and O–H groups in total. The lowest BCUT2D eigenvalue weighted by Gasteiger charge is -2.45. The van der Waals surface area contributed by atoms with Gasteiger partial charge in [-0.2, -0.15) is 8.78 Å². The molecule has 1 aliphatic rings. The zero-order valence-corrected chi connectivity index (χ0v) is 12.4. The van der Waals surface area contributed by atoms with E-state index in [1.54, 1.807) is 0 Å². The van der Waals surface area contributed by atoms with Gasteiger partial charge in [0.2, 0.25) is 0 Å². The Kier molecular flexibility index (Phi) is 6.01.